The number of esters is 1. The van der Waals surface area contributed by atoms with Crippen molar-refractivity contribution in [3.63, 3.8) is 0 Å². The van der Waals surface area contributed by atoms with Crippen LogP contribution in [0.1, 0.15) is 95.8 Å². The molecule has 1 unspecified atom stereocenters. The Morgan fingerprint density at radius 3 is 2.03 bits per heavy atom. The van der Waals surface area contributed by atoms with E-state index in [1.165, 1.54) is 6.92 Å². The summed E-state index contributed by atoms with van der Waals surface area (Å²) < 4.78 is 42.6. The van der Waals surface area contributed by atoms with Crippen LogP contribution >= 0.6 is 0 Å². The van der Waals surface area contributed by atoms with Crippen molar-refractivity contribution >= 4 is 16.1 Å². The molecule has 0 aromatic heterocycles. The van der Waals surface area contributed by atoms with Gasteiger partial charge in [-0.15, -0.1) is 0 Å². The molecule has 1 aliphatic rings. The van der Waals surface area contributed by atoms with Crippen LogP contribution in [-0.2, 0) is 28.6 Å². The van der Waals surface area contributed by atoms with Gasteiger partial charge in [0.05, 0.1) is 6.10 Å². The molecule has 6 nitrogen and oxygen atoms in total. The van der Waals surface area contributed by atoms with E-state index in [2.05, 4.69) is 13.8 Å². The monoisotopic (exact) mass is 440 g/mol. The topological polar surface area (TPSA) is 78.9 Å². The lowest BCUT2D eigenvalue weighted by Crippen LogP contribution is -2.30. The van der Waals surface area contributed by atoms with Gasteiger partial charge in [-0.25, -0.2) is 4.79 Å². The van der Waals surface area contributed by atoms with Gasteiger partial charge >= 0.3 is 5.97 Å². The van der Waals surface area contributed by atoms with Crippen molar-refractivity contribution < 1.29 is 26.9 Å². The number of carbonyl (C=O) groups excluding carboxylic acids is 1. The maximum atomic E-state index is 13.3. The maximum absolute atomic E-state index is 13.3. The van der Waals surface area contributed by atoms with E-state index in [4.69, 9.17) is 13.7 Å². The van der Waals surface area contributed by atoms with E-state index in [1.807, 2.05) is 39.8 Å². The maximum Gasteiger partial charge on any atom is 0.336 e. The predicted molar refractivity (Wildman–Crippen MR) is 116 cm³/mol. The van der Waals surface area contributed by atoms with Gasteiger partial charge < -0.3 is 9.47 Å². The summed E-state index contributed by atoms with van der Waals surface area (Å²) in [4.78, 5) is 12.5. The Morgan fingerprint density at radius 2 is 1.60 bits per heavy atom. The fourth-order valence-corrected chi connectivity index (χ4v) is 5.25. The molecule has 170 valence electrons. The zero-order chi connectivity index (χ0) is 22.6. The summed E-state index contributed by atoms with van der Waals surface area (Å²) in [5.74, 6) is -0.470. The van der Waals surface area contributed by atoms with Gasteiger partial charge in [-0.3, -0.25) is 4.18 Å². The van der Waals surface area contributed by atoms with E-state index < -0.39 is 22.2 Å². The van der Waals surface area contributed by atoms with E-state index in [0.29, 0.717) is 17.7 Å². The standard InChI is InChI=1S/C23H36O6S/c1-14(2)18-11-20(15(3)4)22(21(12-18)16(5)6)30(25,26)29-17(7)23(24)28-13-19-9-8-10-27-19/h11-12,14-17,19H,8-10,13H2,1-7H3/t17?,19-/m0/s1. The van der Waals surface area contributed by atoms with Crippen LogP contribution in [0.4, 0.5) is 0 Å². The zero-order valence-electron chi connectivity index (χ0n) is 19.2. The van der Waals surface area contributed by atoms with Gasteiger partial charge in [0.1, 0.15) is 11.5 Å². The third kappa shape index (κ3) is 6.05. The van der Waals surface area contributed by atoms with Gasteiger partial charge in [-0.05, 0) is 54.2 Å². The number of benzene rings is 1. The second kappa shape index (κ2) is 10.2. The van der Waals surface area contributed by atoms with Gasteiger partial charge in [-0.1, -0.05) is 53.7 Å². The average Bonchev–Trinajstić information content (AvgIpc) is 3.17. The molecule has 1 fully saturated rings. The molecule has 2 rings (SSSR count). The van der Waals surface area contributed by atoms with Crippen LogP contribution < -0.4 is 0 Å². The van der Waals surface area contributed by atoms with E-state index >= 15 is 0 Å². The minimum atomic E-state index is -4.17. The highest BCUT2D eigenvalue weighted by molar-refractivity contribution is 7.87. The quantitative estimate of drug-likeness (QED) is 0.402. The fraction of sp³-hybridized carbons (Fsp3) is 0.696. The van der Waals surface area contributed by atoms with Gasteiger partial charge in [0.15, 0.2) is 6.10 Å². The van der Waals surface area contributed by atoms with Gasteiger partial charge in [0.25, 0.3) is 10.1 Å². The molecule has 2 atom stereocenters. The van der Waals surface area contributed by atoms with Crippen LogP contribution in [0, 0.1) is 0 Å². The van der Waals surface area contributed by atoms with Gasteiger partial charge in [0.2, 0.25) is 0 Å². The molecule has 7 heteroatoms. The minimum Gasteiger partial charge on any atom is -0.461 e. The highest BCUT2D eigenvalue weighted by Crippen LogP contribution is 2.36. The lowest BCUT2D eigenvalue weighted by molar-refractivity contribution is -0.154. The van der Waals surface area contributed by atoms with E-state index in [1.54, 1.807) is 0 Å². The zero-order valence-corrected chi connectivity index (χ0v) is 20.0. The van der Waals surface area contributed by atoms with Crippen molar-refractivity contribution in [2.24, 2.45) is 0 Å². The Labute approximate surface area is 181 Å². The van der Waals surface area contributed by atoms with Gasteiger partial charge in [0, 0.05) is 6.61 Å². The Bertz CT molecular complexity index is 806. The molecule has 0 amide bonds. The van der Waals surface area contributed by atoms with Crippen molar-refractivity contribution in [2.75, 3.05) is 13.2 Å². The van der Waals surface area contributed by atoms with Crippen LogP contribution in [0.15, 0.2) is 17.0 Å². The Balaban J connectivity index is 2.31. The summed E-state index contributed by atoms with van der Waals surface area (Å²) in [7, 11) is -4.17. The highest BCUT2D eigenvalue weighted by atomic mass is 32.2. The molecular weight excluding hydrogens is 404 g/mol. The molecule has 0 N–H and O–H groups in total. The summed E-state index contributed by atoms with van der Waals surface area (Å²) in [6.07, 6.45) is 0.409. The van der Waals surface area contributed by atoms with Crippen LogP contribution in [0.25, 0.3) is 0 Å². The van der Waals surface area contributed by atoms with E-state index in [-0.39, 0.29) is 35.4 Å². The van der Waals surface area contributed by atoms with Crippen molar-refractivity contribution in [1.82, 2.24) is 0 Å². The molecular formula is C23H36O6S. The largest absolute Gasteiger partial charge is 0.461 e. The second-order valence-electron chi connectivity index (χ2n) is 8.95. The number of rotatable bonds is 9. The first-order chi connectivity index (χ1) is 13.9. The molecule has 0 radical (unpaired) electrons. The summed E-state index contributed by atoms with van der Waals surface area (Å²) in [6, 6.07) is 3.88. The molecule has 1 aromatic rings. The van der Waals surface area contributed by atoms with E-state index in [0.717, 1.165) is 18.4 Å². The molecule has 30 heavy (non-hydrogen) atoms. The summed E-state index contributed by atoms with van der Waals surface area (Å²) in [5, 5.41) is 0. The van der Waals surface area contributed by atoms with Crippen LogP contribution in [0.5, 0.6) is 0 Å². The third-order valence-electron chi connectivity index (χ3n) is 5.37. The Hall–Kier alpha value is -1.44. The van der Waals surface area contributed by atoms with Crippen molar-refractivity contribution in [2.45, 2.75) is 96.2 Å². The SMILES string of the molecule is CC(OS(=O)(=O)c1c(C(C)C)cc(C(C)C)cc1C(C)C)C(=O)OC[C@@H]1CCCO1. The van der Waals surface area contributed by atoms with Crippen molar-refractivity contribution in [1.29, 1.82) is 0 Å². The molecule has 1 aliphatic heterocycles. The first-order valence-corrected chi connectivity index (χ1v) is 12.2. The Kier molecular flexibility index (Phi) is 8.48. The first kappa shape index (κ1) is 24.8. The molecule has 0 spiro atoms. The number of hydrogen-bond donors (Lipinski definition) is 0. The van der Waals surface area contributed by atoms with Crippen LogP contribution in [0.3, 0.4) is 0 Å². The number of carbonyl (C=O) groups is 1. The lowest BCUT2D eigenvalue weighted by Gasteiger charge is -2.23. The summed E-state index contributed by atoms with van der Waals surface area (Å²) in [6.45, 7) is 14.2. The summed E-state index contributed by atoms with van der Waals surface area (Å²) in [5.41, 5.74) is 2.51. The molecule has 0 bridgehead atoms. The van der Waals surface area contributed by atoms with E-state index in [9.17, 15) is 13.2 Å². The normalized spacial score (nSPS) is 18.4. The molecule has 0 saturated carbocycles. The molecule has 0 aliphatic carbocycles. The number of hydrogen-bond acceptors (Lipinski definition) is 6. The summed E-state index contributed by atoms with van der Waals surface area (Å²) >= 11 is 0. The van der Waals surface area contributed by atoms with Crippen LogP contribution in [0.2, 0.25) is 0 Å². The van der Waals surface area contributed by atoms with Crippen molar-refractivity contribution in [3.05, 3.63) is 28.8 Å². The molecule has 1 aromatic carbocycles. The highest BCUT2D eigenvalue weighted by Gasteiger charge is 2.32. The second-order valence-corrected chi connectivity index (χ2v) is 10.5. The predicted octanol–water partition coefficient (Wildman–Crippen LogP) is 4.87. The van der Waals surface area contributed by atoms with Crippen molar-refractivity contribution in [3.8, 4) is 0 Å². The Morgan fingerprint density at radius 1 is 1.03 bits per heavy atom. The fourth-order valence-electron chi connectivity index (χ4n) is 3.52. The van der Waals surface area contributed by atoms with Gasteiger partial charge in [-0.2, -0.15) is 8.42 Å². The smallest absolute Gasteiger partial charge is 0.336 e. The first-order valence-electron chi connectivity index (χ1n) is 10.8. The molecule has 1 heterocycles. The minimum absolute atomic E-state index is 0.0173. The van der Waals surface area contributed by atoms with Crippen LogP contribution in [-0.4, -0.2) is 39.8 Å². The number of ether oxygens (including phenoxy) is 2. The average molecular weight is 441 g/mol. The molecule has 1 saturated heterocycles. The lowest BCUT2D eigenvalue weighted by atomic mass is 9.89. The third-order valence-corrected chi connectivity index (χ3v) is 6.88.